The van der Waals surface area contributed by atoms with Crippen LogP contribution < -0.4 is 9.47 Å². The Morgan fingerprint density at radius 1 is 1.06 bits per heavy atom. The van der Waals surface area contributed by atoms with Crippen LogP contribution in [0.4, 0.5) is 0 Å². The number of carbonyl (C=O) groups is 2. The summed E-state index contributed by atoms with van der Waals surface area (Å²) in [7, 11) is 2.89. The van der Waals surface area contributed by atoms with Gasteiger partial charge in [0.25, 0.3) is 11.7 Å². The number of likely N-dealkylation sites (tertiary alicyclic amines) is 1. The van der Waals surface area contributed by atoms with Gasteiger partial charge in [-0.05, 0) is 30.7 Å². The second kappa shape index (κ2) is 9.57. The molecule has 1 N–H and O–H groups in total. The maximum Gasteiger partial charge on any atom is 0.296 e. The number of pyridine rings is 1. The van der Waals surface area contributed by atoms with E-state index in [-0.39, 0.29) is 34.2 Å². The lowest BCUT2D eigenvalue weighted by atomic mass is 9.94. The maximum absolute atomic E-state index is 13.3. The van der Waals surface area contributed by atoms with Gasteiger partial charge in [-0.25, -0.2) is 0 Å². The number of hydrogen-bond donors (Lipinski definition) is 1. The third kappa shape index (κ3) is 4.22. The zero-order chi connectivity index (χ0) is 24.4. The zero-order valence-electron chi connectivity index (χ0n) is 18.9. The number of ether oxygens (including phenoxy) is 2. The van der Waals surface area contributed by atoms with Crippen molar-refractivity contribution in [3.05, 3.63) is 93.8 Å². The van der Waals surface area contributed by atoms with E-state index < -0.39 is 17.7 Å². The first-order chi connectivity index (χ1) is 16.3. The third-order valence-electron chi connectivity index (χ3n) is 5.69. The molecule has 0 saturated carbocycles. The van der Waals surface area contributed by atoms with Gasteiger partial charge in [-0.1, -0.05) is 47.5 Å². The Hall–Kier alpha value is -3.84. The summed E-state index contributed by atoms with van der Waals surface area (Å²) in [4.78, 5) is 32.2. The number of aliphatic hydroxyl groups is 1. The Kier molecular flexibility index (Phi) is 6.56. The Morgan fingerprint density at radius 3 is 2.47 bits per heavy atom. The van der Waals surface area contributed by atoms with Crippen molar-refractivity contribution in [1.82, 2.24) is 9.88 Å². The number of rotatable bonds is 6. The summed E-state index contributed by atoms with van der Waals surface area (Å²) >= 11 is 6.30. The van der Waals surface area contributed by atoms with Gasteiger partial charge in [-0.2, -0.15) is 0 Å². The summed E-state index contributed by atoms with van der Waals surface area (Å²) < 4.78 is 10.6. The predicted octanol–water partition coefficient (Wildman–Crippen LogP) is 4.68. The van der Waals surface area contributed by atoms with Gasteiger partial charge in [0.15, 0.2) is 0 Å². The van der Waals surface area contributed by atoms with Crippen molar-refractivity contribution >= 4 is 29.1 Å². The highest BCUT2D eigenvalue weighted by atomic mass is 35.5. The number of ketones is 1. The minimum absolute atomic E-state index is 0.0499. The molecule has 0 bridgehead atoms. The highest BCUT2D eigenvalue weighted by Crippen LogP contribution is 2.43. The van der Waals surface area contributed by atoms with Crippen molar-refractivity contribution in [2.24, 2.45) is 0 Å². The fraction of sp³-hybridized carbons (Fsp3) is 0.192. The van der Waals surface area contributed by atoms with E-state index in [1.807, 2.05) is 37.3 Å². The number of Topliss-reactive ketones (excluding diaryl/α,β-unsaturated/α-hetero) is 1. The van der Waals surface area contributed by atoms with E-state index in [1.165, 1.54) is 31.3 Å². The molecule has 1 aliphatic heterocycles. The van der Waals surface area contributed by atoms with Gasteiger partial charge in [-0.15, -0.1) is 0 Å². The maximum atomic E-state index is 13.3. The fourth-order valence-electron chi connectivity index (χ4n) is 4.09. The summed E-state index contributed by atoms with van der Waals surface area (Å²) in [5, 5.41) is 11.6. The highest BCUT2D eigenvalue weighted by Gasteiger charge is 2.46. The van der Waals surface area contributed by atoms with Crippen LogP contribution in [0.15, 0.2) is 66.4 Å². The molecule has 1 fully saturated rings. The lowest BCUT2D eigenvalue weighted by Gasteiger charge is -2.25. The molecule has 1 aromatic heterocycles. The topological polar surface area (TPSA) is 89.0 Å². The number of aliphatic hydroxyl groups excluding tert-OH is 1. The lowest BCUT2D eigenvalue weighted by molar-refractivity contribution is -0.140. The molecule has 1 amide bonds. The Labute approximate surface area is 202 Å². The van der Waals surface area contributed by atoms with Crippen LogP contribution in [-0.4, -0.2) is 40.9 Å². The summed E-state index contributed by atoms with van der Waals surface area (Å²) in [6, 6.07) is 15.0. The SMILES string of the molecule is COc1cc(OC)c(/C(O)=C2\C(=O)C(=O)N(Cc3ccccn3)C2c2cccc(C)c2)cc1Cl. The molecule has 34 heavy (non-hydrogen) atoms. The molecule has 2 heterocycles. The number of carbonyl (C=O) groups excluding carboxylic acids is 2. The van der Waals surface area contributed by atoms with Gasteiger partial charge in [0.1, 0.15) is 17.3 Å². The average molecular weight is 479 g/mol. The average Bonchev–Trinajstić information content (AvgIpc) is 3.09. The van der Waals surface area contributed by atoms with Gasteiger partial charge in [0.05, 0.1) is 48.7 Å². The molecule has 1 aliphatic rings. The van der Waals surface area contributed by atoms with Crippen molar-refractivity contribution in [2.45, 2.75) is 19.5 Å². The highest BCUT2D eigenvalue weighted by molar-refractivity contribution is 6.46. The van der Waals surface area contributed by atoms with Crippen LogP contribution >= 0.6 is 11.6 Å². The minimum Gasteiger partial charge on any atom is -0.507 e. The number of halogens is 1. The first kappa shape index (κ1) is 23.3. The molecule has 0 spiro atoms. The quantitative estimate of drug-likeness (QED) is 0.314. The molecule has 8 heteroatoms. The molecular formula is C26H23ClN2O5. The molecule has 1 atom stereocenters. The van der Waals surface area contributed by atoms with Gasteiger partial charge in [0.2, 0.25) is 0 Å². The normalized spacial score (nSPS) is 17.2. The first-order valence-electron chi connectivity index (χ1n) is 10.5. The Bertz CT molecular complexity index is 1290. The number of hydrogen-bond acceptors (Lipinski definition) is 6. The van der Waals surface area contributed by atoms with E-state index in [1.54, 1.807) is 18.3 Å². The van der Waals surface area contributed by atoms with E-state index in [9.17, 15) is 14.7 Å². The van der Waals surface area contributed by atoms with Crippen molar-refractivity contribution in [3.8, 4) is 11.5 Å². The molecular weight excluding hydrogens is 456 g/mol. The fourth-order valence-corrected chi connectivity index (χ4v) is 4.33. The molecule has 1 saturated heterocycles. The number of benzene rings is 2. The van der Waals surface area contributed by atoms with E-state index in [4.69, 9.17) is 21.1 Å². The molecule has 2 aromatic carbocycles. The van der Waals surface area contributed by atoms with E-state index in [2.05, 4.69) is 4.98 Å². The summed E-state index contributed by atoms with van der Waals surface area (Å²) in [5.74, 6) is -1.31. The molecule has 7 nitrogen and oxygen atoms in total. The lowest BCUT2D eigenvalue weighted by Crippen LogP contribution is -2.29. The van der Waals surface area contributed by atoms with Gasteiger partial charge in [-0.3, -0.25) is 14.6 Å². The van der Waals surface area contributed by atoms with Crippen molar-refractivity contribution in [1.29, 1.82) is 0 Å². The number of amides is 1. The Morgan fingerprint density at radius 2 is 1.82 bits per heavy atom. The van der Waals surface area contributed by atoms with Crippen molar-refractivity contribution in [2.75, 3.05) is 14.2 Å². The van der Waals surface area contributed by atoms with E-state index in [0.29, 0.717) is 17.0 Å². The number of methoxy groups -OCH3 is 2. The van der Waals surface area contributed by atoms with Crippen LogP contribution in [0.3, 0.4) is 0 Å². The predicted molar refractivity (Wildman–Crippen MR) is 128 cm³/mol. The summed E-state index contributed by atoms with van der Waals surface area (Å²) in [5.41, 5.74) is 2.39. The van der Waals surface area contributed by atoms with Crippen LogP contribution in [0.25, 0.3) is 5.76 Å². The van der Waals surface area contributed by atoms with E-state index in [0.717, 1.165) is 5.56 Å². The van der Waals surface area contributed by atoms with Gasteiger partial charge < -0.3 is 19.5 Å². The van der Waals surface area contributed by atoms with Crippen LogP contribution in [0.5, 0.6) is 11.5 Å². The first-order valence-corrected chi connectivity index (χ1v) is 10.9. The molecule has 1 unspecified atom stereocenters. The number of nitrogens with zero attached hydrogens (tertiary/aromatic N) is 2. The summed E-state index contributed by atoms with van der Waals surface area (Å²) in [6.45, 7) is 2.02. The second-order valence-electron chi connectivity index (χ2n) is 7.85. The van der Waals surface area contributed by atoms with Gasteiger partial charge in [0, 0.05) is 12.3 Å². The van der Waals surface area contributed by atoms with E-state index >= 15 is 0 Å². The van der Waals surface area contributed by atoms with Crippen LogP contribution in [0.2, 0.25) is 5.02 Å². The second-order valence-corrected chi connectivity index (χ2v) is 8.26. The number of aromatic nitrogens is 1. The molecule has 174 valence electrons. The molecule has 0 radical (unpaired) electrons. The van der Waals surface area contributed by atoms with Crippen LogP contribution in [0, 0.1) is 6.92 Å². The molecule has 4 rings (SSSR count). The largest absolute Gasteiger partial charge is 0.507 e. The van der Waals surface area contributed by atoms with Crippen LogP contribution in [0.1, 0.15) is 28.4 Å². The van der Waals surface area contributed by atoms with Crippen molar-refractivity contribution < 1.29 is 24.2 Å². The molecule has 3 aromatic rings. The zero-order valence-corrected chi connectivity index (χ0v) is 19.7. The monoisotopic (exact) mass is 478 g/mol. The van der Waals surface area contributed by atoms with Crippen LogP contribution in [-0.2, 0) is 16.1 Å². The number of aryl methyl sites for hydroxylation is 1. The summed E-state index contributed by atoms with van der Waals surface area (Å²) in [6.07, 6.45) is 1.62. The molecule has 0 aliphatic carbocycles. The standard InChI is InChI=1S/C26H23ClN2O5/c1-15-7-6-8-16(11-15)23-22(24(30)18-12-19(27)21(34-3)13-20(18)33-2)25(31)26(32)29(23)14-17-9-4-5-10-28-17/h4-13,23,30H,14H2,1-3H3/b24-22+. The third-order valence-corrected chi connectivity index (χ3v) is 5.98. The Balaban J connectivity index is 1.92. The van der Waals surface area contributed by atoms with Gasteiger partial charge >= 0.3 is 0 Å². The van der Waals surface area contributed by atoms with Crippen molar-refractivity contribution in [3.63, 3.8) is 0 Å². The minimum atomic E-state index is -0.826. The smallest absolute Gasteiger partial charge is 0.296 e.